The number of oxime groups is 1. The standard InChI is InChI=1S/C23H26ClN5O2/c1-15-11-16(2)29(27-15)13-18-5-4-6-20(12-18)23(25)28-31-14-22(30)26-17(3)19-7-9-21(24)10-8-19/h4-12,17H,13-14H2,1-3H3,(H2,25,28)(H,26,30). The van der Waals surface area contributed by atoms with Gasteiger partial charge in [-0.25, -0.2) is 0 Å². The number of aromatic nitrogens is 2. The third-order valence-corrected chi connectivity index (χ3v) is 5.02. The van der Waals surface area contributed by atoms with Crippen molar-refractivity contribution in [3.05, 3.63) is 87.7 Å². The van der Waals surface area contributed by atoms with E-state index in [1.807, 2.05) is 67.9 Å². The van der Waals surface area contributed by atoms with Crippen LogP contribution >= 0.6 is 11.6 Å². The summed E-state index contributed by atoms with van der Waals surface area (Å²) in [4.78, 5) is 17.3. The number of rotatable bonds is 8. The van der Waals surface area contributed by atoms with E-state index in [2.05, 4.69) is 15.6 Å². The fraction of sp³-hybridized carbons (Fsp3) is 0.261. The van der Waals surface area contributed by atoms with Crippen LogP contribution in [0, 0.1) is 13.8 Å². The Morgan fingerprint density at radius 3 is 2.65 bits per heavy atom. The number of aryl methyl sites for hydroxylation is 2. The monoisotopic (exact) mass is 439 g/mol. The van der Waals surface area contributed by atoms with E-state index in [1.54, 1.807) is 12.1 Å². The SMILES string of the molecule is Cc1cc(C)n(Cc2cccc(C(N)=NOCC(=O)NC(C)c3ccc(Cl)cc3)c2)n1. The van der Waals surface area contributed by atoms with Crippen LogP contribution in [0.25, 0.3) is 0 Å². The number of nitrogens with zero attached hydrogens (tertiary/aromatic N) is 3. The number of benzene rings is 2. The summed E-state index contributed by atoms with van der Waals surface area (Å²) in [6.07, 6.45) is 0. The summed E-state index contributed by atoms with van der Waals surface area (Å²) in [5.41, 5.74) is 10.8. The molecule has 3 rings (SSSR count). The zero-order chi connectivity index (χ0) is 22.4. The number of hydrogen-bond donors (Lipinski definition) is 2. The summed E-state index contributed by atoms with van der Waals surface area (Å²) >= 11 is 5.89. The maximum Gasteiger partial charge on any atom is 0.261 e. The highest BCUT2D eigenvalue weighted by molar-refractivity contribution is 6.30. The van der Waals surface area contributed by atoms with Gasteiger partial charge in [-0.3, -0.25) is 9.48 Å². The topological polar surface area (TPSA) is 94.5 Å². The molecule has 3 aromatic rings. The molecule has 1 atom stereocenters. The maximum absolute atomic E-state index is 12.1. The van der Waals surface area contributed by atoms with Gasteiger partial charge in [-0.05, 0) is 56.2 Å². The lowest BCUT2D eigenvalue weighted by atomic mass is 10.1. The number of amidine groups is 1. The van der Waals surface area contributed by atoms with E-state index in [4.69, 9.17) is 22.2 Å². The molecule has 1 aromatic heterocycles. The van der Waals surface area contributed by atoms with Crippen LogP contribution < -0.4 is 11.1 Å². The first-order chi connectivity index (χ1) is 14.8. The highest BCUT2D eigenvalue weighted by atomic mass is 35.5. The molecule has 0 bridgehead atoms. The molecule has 1 amide bonds. The predicted octanol–water partition coefficient (Wildman–Crippen LogP) is 3.72. The number of hydrogen-bond acceptors (Lipinski definition) is 4. The van der Waals surface area contributed by atoms with E-state index in [1.165, 1.54) is 0 Å². The van der Waals surface area contributed by atoms with E-state index in [0.717, 1.165) is 22.5 Å². The molecule has 8 heteroatoms. The van der Waals surface area contributed by atoms with Crippen molar-refractivity contribution in [1.82, 2.24) is 15.1 Å². The summed E-state index contributed by atoms with van der Waals surface area (Å²) < 4.78 is 1.93. The largest absolute Gasteiger partial charge is 0.384 e. The molecule has 0 fully saturated rings. The predicted molar refractivity (Wildman–Crippen MR) is 122 cm³/mol. The Kier molecular flexibility index (Phi) is 7.31. The zero-order valence-corrected chi connectivity index (χ0v) is 18.6. The van der Waals surface area contributed by atoms with Gasteiger partial charge in [0.25, 0.3) is 5.91 Å². The van der Waals surface area contributed by atoms with Crippen LogP contribution in [-0.4, -0.2) is 28.1 Å². The molecule has 0 aliphatic heterocycles. The second kappa shape index (κ2) is 10.1. The van der Waals surface area contributed by atoms with Crippen molar-refractivity contribution in [3.63, 3.8) is 0 Å². The number of carbonyl (C=O) groups is 1. The van der Waals surface area contributed by atoms with E-state index in [9.17, 15) is 4.79 Å². The van der Waals surface area contributed by atoms with E-state index in [-0.39, 0.29) is 24.4 Å². The lowest BCUT2D eigenvalue weighted by Gasteiger charge is -2.14. The van der Waals surface area contributed by atoms with Gasteiger partial charge < -0.3 is 15.9 Å². The molecule has 0 spiro atoms. The lowest BCUT2D eigenvalue weighted by molar-refractivity contribution is -0.126. The number of carbonyl (C=O) groups excluding carboxylic acids is 1. The van der Waals surface area contributed by atoms with Crippen LogP contribution in [0.15, 0.2) is 59.8 Å². The summed E-state index contributed by atoms with van der Waals surface area (Å²) in [7, 11) is 0. The molecule has 3 N–H and O–H groups in total. The molecule has 0 aliphatic rings. The highest BCUT2D eigenvalue weighted by Gasteiger charge is 2.10. The van der Waals surface area contributed by atoms with Crippen LogP contribution in [0.5, 0.6) is 0 Å². The second-order valence-corrected chi connectivity index (χ2v) is 7.81. The average Bonchev–Trinajstić information content (AvgIpc) is 3.05. The second-order valence-electron chi connectivity index (χ2n) is 7.38. The van der Waals surface area contributed by atoms with Crippen molar-refractivity contribution in [2.45, 2.75) is 33.4 Å². The Morgan fingerprint density at radius 2 is 1.97 bits per heavy atom. The average molecular weight is 440 g/mol. The Hall–Kier alpha value is -3.32. The van der Waals surface area contributed by atoms with Gasteiger partial charge in [0.05, 0.1) is 18.3 Å². The molecular weight excluding hydrogens is 414 g/mol. The minimum absolute atomic E-state index is 0.180. The van der Waals surface area contributed by atoms with Gasteiger partial charge in [0.1, 0.15) is 0 Å². The van der Waals surface area contributed by atoms with Crippen LogP contribution in [0.2, 0.25) is 5.02 Å². The normalized spacial score (nSPS) is 12.5. The Labute approximate surface area is 186 Å². The molecule has 0 saturated carbocycles. The van der Waals surface area contributed by atoms with Crippen LogP contribution in [-0.2, 0) is 16.2 Å². The fourth-order valence-corrected chi connectivity index (χ4v) is 3.29. The molecule has 0 radical (unpaired) electrons. The van der Waals surface area contributed by atoms with Crippen molar-refractivity contribution < 1.29 is 9.63 Å². The zero-order valence-electron chi connectivity index (χ0n) is 17.8. The number of amides is 1. The fourth-order valence-electron chi connectivity index (χ4n) is 3.17. The van der Waals surface area contributed by atoms with Gasteiger partial charge in [0.2, 0.25) is 0 Å². The molecule has 2 aromatic carbocycles. The molecule has 1 heterocycles. The van der Waals surface area contributed by atoms with Gasteiger partial charge in [-0.2, -0.15) is 5.10 Å². The van der Waals surface area contributed by atoms with Gasteiger partial charge >= 0.3 is 0 Å². The van der Waals surface area contributed by atoms with Gasteiger partial charge in [0, 0.05) is 16.3 Å². The van der Waals surface area contributed by atoms with Crippen molar-refractivity contribution in [3.8, 4) is 0 Å². The Balaban J connectivity index is 1.54. The van der Waals surface area contributed by atoms with Crippen LogP contribution in [0.4, 0.5) is 0 Å². The van der Waals surface area contributed by atoms with E-state index >= 15 is 0 Å². The lowest BCUT2D eigenvalue weighted by Crippen LogP contribution is -2.30. The number of nitrogens with one attached hydrogen (secondary N) is 1. The summed E-state index contributed by atoms with van der Waals surface area (Å²) in [5, 5.41) is 11.9. The third-order valence-electron chi connectivity index (χ3n) is 4.76. The first-order valence-corrected chi connectivity index (χ1v) is 10.3. The van der Waals surface area contributed by atoms with Crippen molar-refractivity contribution in [1.29, 1.82) is 0 Å². The molecule has 0 aliphatic carbocycles. The molecular formula is C23H26ClN5O2. The quantitative estimate of drug-likeness (QED) is 0.317. The Bertz CT molecular complexity index is 1080. The van der Waals surface area contributed by atoms with Crippen molar-refractivity contribution >= 4 is 23.3 Å². The van der Waals surface area contributed by atoms with Gasteiger partial charge in [0.15, 0.2) is 12.4 Å². The minimum atomic E-state index is -0.294. The third kappa shape index (κ3) is 6.33. The Morgan fingerprint density at radius 1 is 1.23 bits per heavy atom. The number of nitrogens with two attached hydrogens (primary N) is 1. The molecule has 1 unspecified atom stereocenters. The summed E-state index contributed by atoms with van der Waals surface area (Å²) in [5.74, 6) is -0.0916. The van der Waals surface area contributed by atoms with Crippen molar-refractivity contribution in [2.75, 3.05) is 6.61 Å². The molecule has 31 heavy (non-hydrogen) atoms. The van der Waals surface area contributed by atoms with E-state index < -0.39 is 0 Å². The molecule has 7 nitrogen and oxygen atoms in total. The number of halogens is 1. The van der Waals surface area contributed by atoms with Crippen LogP contribution in [0.1, 0.15) is 41.0 Å². The highest BCUT2D eigenvalue weighted by Crippen LogP contribution is 2.16. The minimum Gasteiger partial charge on any atom is -0.384 e. The van der Waals surface area contributed by atoms with Crippen molar-refractivity contribution in [2.24, 2.45) is 10.9 Å². The first-order valence-electron chi connectivity index (χ1n) is 9.92. The smallest absolute Gasteiger partial charge is 0.261 e. The maximum atomic E-state index is 12.1. The van der Waals surface area contributed by atoms with Gasteiger partial charge in [-0.15, -0.1) is 0 Å². The van der Waals surface area contributed by atoms with E-state index in [0.29, 0.717) is 17.1 Å². The van der Waals surface area contributed by atoms with Crippen LogP contribution in [0.3, 0.4) is 0 Å². The summed E-state index contributed by atoms with van der Waals surface area (Å²) in [6, 6.07) is 16.8. The summed E-state index contributed by atoms with van der Waals surface area (Å²) in [6.45, 7) is 6.27. The first kappa shape index (κ1) is 22.4. The molecule has 162 valence electrons. The van der Waals surface area contributed by atoms with Gasteiger partial charge in [-0.1, -0.05) is 47.1 Å². The molecule has 0 saturated heterocycles.